The molecule has 0 aromatic carbocycles. The number of rotatable bonds is 3. The number of ether oxygens (including phenoxy) is 1. The third kappa shape index (κ3) is 2.48. The molecule has 1 saturated heterocycles. The van der Waals surface area contributed by atoms with E-state index in [1.807, 2.05) is 0 Å². The van der Waals surface area contributed by atoms with Gasteiger partial charge in [0, 0.05) is 6.04 Å². The Labute approximate surface area is 73.7 Å². The third-order valence-corrected chi connectivity index (χ3v) is 2.69. The fourth-order valence-electron chi connectivity index (χ4n) is 1.69. The van der Waals surface area contributed by atoms with Crippen LogP contribution < -0.4 is 0 Å². The second kappa shape index (κ2) is 4.45. The molecule has 0 aromatic heterocycles. The molecule has 1 radical (unpaired) electrons. The van der Waals surface area contributed by atoms with Crippen LogP contribution >= 0.6 is 0 Å². The second-order valence-electron chi connectivity index (χ2n) is 3.61. The van der Waals surface area contributed by atoms with Crippen molar-refractivity contribution in [2.75, 3.05) is 20.2 Å². The summed E-state index contributed by atoms with van der Waals surface area (Å²) in [5.74, 6) is 0.539. The lowest BCUT2D eigenvalue weighted by Crippen LogP contribution is -2.38. The molecule has 1 aliphatic rings. The van der Waals surface area contributed by atoms with Gasteiger partial charge in [-0.15, -0.1) is 0 Å². The summed E-state index contributed by atoms with van der Waals surface area (Å²) < 4.78 is 4.63. The van der Waals surface area contributed by atoms with Gasteiger partial charge in [-0.2, -0.15) is 0 Å². The van der Waals surface area contributed by atoms with Gasteiger partial charge in [0.2, 0.25) is 0 Å². The maximum Gasteiger partial charge on any atom is 0.417 e. The van der Waals surface area contributed by atoms with Gasteiger partial charge in [-0.1, -0.05) is 0 Å². The van der Waals surface area contributed by atoms with E-state index >= 15 is 0 Å². The normalized spacial score (nSPS) is 31.5. The standard InChI is InChI=1S/C9H16NO2/c1-8-5-9(6-12-7-11)3-4-10(8)2/h8-9H,3-6H2,1-2H3. The maximum absolute atomic E-state index is 9.84. The highest BCUT2D eigenvalue weighted by Gasteiger charge is 2.22. The zero-order valence-electron chi connectivity index (χ0n) is 7.75. The number of carbonyl (C=O) groups excluding carboxylic acids is 1. The summed E-state index contributed by atoms with van der Waals surface area (Å²) in [6.45, 7) is 5.33. The smallest absolute Gasteiger partial charge is 0.417 e. The van der Waals surface area contributed by atoms with Crippen LogP contribution in [0.1, 0.15) is 19.8 Å². The largest absolute Gasteiger partial charge is 0.457 e. The molecule has 0 spiro atoms. The van der Waals surface area contributed by atoms with E-state index in [0.29, 0.717) is 18.6 Å². The molecule has 0 aliphatic carbocycles. The van der Waals surface area contributed by atoms with Crippen LogP contribution in [-0.2, 0) is 9.53 Å². The minimum atomic E-state index is 0.539. The molecule has 69 valence electrons. The molecule has 1 heterocycles. The highest BCUT2D eigenvalue weighted by molar-refractivity contribution is 5.38. The van der Waals surface area contributed by atoms with Crippen LogP contribution in [-0.4, -0.2) is 37.6 Å². The Morgan fingerprint density at radius 2 is 2.42 bits per heavy atom. The van der Waals surface area contributed by atoms with Crippen LogP contribution in [0.5, 0.6) is 0 Å². The topological polar surface area (TPSA) is 29.5 Å². The van der Waals surface area contributed by atoms with E-state index in [2.05, 4.69) is 23.6 Å². The van der Waals surface area contributed by atoms with E-state index in [1.165, 1.54) is 6.47 Å². The van der Waals surface area contributed by atoms with Gasteiger partial charge in [0.1, 0.15) is 0 Å². The van der Waals surface area contributed by atoms with Gasteiger partial charge >= 0.3 is 6.47 Å². The van der Waals surface area contributed by atoms with Crippen LogP contribution in [0.3, 0.4) is 0 Å². The highest BCUT2D eigenvalue weighted by atomic mass is 16.5. The quantitative estimate of drug-likeness (QED) is 0.627. The number of piperidine rings is 1. The summed E-state index contributed by atoms with van der Waals surface area (Å²) in [7, 11) is 2.13. The Hall–Kier alpha value is -0.570. The van der Waals surface area contributed by atoms with E-state index in [4.69, 9.17) is 0 Å². The van der Waals surface area contributed by atoms with Crippen LogP contribution in [0.15, 0.2) is 0 Å². The summed E-state index contributed by atoms with van der Waals surface area (Å²) >= 11 is 0. The highest BCUT2D eigenvalue weighted by Crippen LogP contribution is 2.21. The maximum atomic E-state index is 9.84. The Kier molecular flexibility index (Phi) is 3.53. The first-order chi connectivity index (χ1) is 5.74. The van der Waals surface area contributed by atoms with Gasteiger partial charge in [0.25, 0.3) is 0 Å². The van der Waals surface area contributed by atoms with Crippen LogP contribution in [0, 0.1) is 5.92 Å². The molecule has 0 aromatic rings. The summed E-state index contributed by atoms with van der Waals surface area (Å²) in [5.41, 5.74) is 0. The van der Waals surface area contributed by atoms with Crippen molar-refractivity contribution in [3.05, 3.63) is 0 Å². The SMILES string of the molecule is CC1CC(CO[C]=O)CCN1C. The summed E-state index contributed by atoms with van der Waals surface area (Å²) in [6.07, 6.45) is 2.25. The summed E-state index contributed by atoms with van der Waals surface area (Å²) in [6, 6.07) is 0.610. The Morgan fingerprint density at radius 1 is 1.67 bits per heavy atom. The number of nitrogens with zero attached hydrogens (tertiary/aromatic N) is 1. The lowest BCUT2D eigenvalue weighted by atomic mass is 9.93. The first-order valence-electron chi connectivity index (χ1n) is 4.43. The summed E-state index contributed by atoms with van der Waals surface area (Å²) in [5, 5.41) is 0. The van der Waals surface area contributed by atoms with Crippen molar-refractivity contribution < 1.29 is 9.53 Å². The molecule has 3 nitrogen and oxygen atoms in total. The van der Waals surface area contributed by atoms with Crippen molar-refractivity contribution in [2.45, 2.75) is 25.8 Å². The molecule has 2 unspecified atom stereocenters. The number of hydrogen-bond donors (Lipinski definition) is 0. The van der Waals surface area contributed by atoms with E-state index in [-0.39, 0.29) is 0 Å². The fraction of sp³-hybridized carbons (Fsp3) is 0.889. The van der Waals surface area contributed by atoms with Crippen molar-refractivity contribution in [1.29, 1.82) is 0 Å². The van der Waals surface area contributed by atoms with Crippen molar-refractivity contribution >= 4 is 6.47 Å². The first-order valence-corrected chi connectivity index (χ1v) is 4.43. The van der Waals surface area contributed by atoms with Crippen LogP contribution in [0.4, 0.5) is 0 Å². The Morgan fingerprint density at radius 3 is 3.00 bits per heavy atom. The van der Waals surface area contributed by atoms with Gasteiger partial charge in [-0.05, 0) is 39.3 Å². The fourth-order valence-corrected chi connectivity index (χ4v) is 1.69. The molecule has 0 saturated carbocycles. The second-order valence-corrected chi connectivity index (χ2v) is 3.61. The van der Waals surface area contributed by atoms with Gasteiger partial charge < -0.3 is 9.64 Å². The minimum Gasteiger partial charge on any atom is -0.457 e. The molecule has 0 amide bonds. The van der Waals surface area contributed by atoms with E-state index in [0.717, 1.165) is 19.4 Å². The van der Waals surface area contributed by atoms with Crippen LogP contribution in [0.2, 0.25) is 0 Å². The molecular weight excluding hydrogens is 154 g/mol. The Bertz CT molecular complexity index is 149. The van der Waals surface area contributed by atoms with Crippen molar-refractivity contribution in [3.63, 3.8) is 0 Å². The predicted molar refractivity (Wildman–Crippen MR) is 46.5 cm³/mol. The molecule has 1 aliphatic heterocycles. The van der Waals surface area contributed by atoms with Gasteiger partial charge in [-0.25, -0.2) is 4.79 Å². The lowest BCUT2D eigenvalue weighted by Gasteiger charge is -2.34. The average Bonchev–Trinajstić information content (AvgIpc) is 2.07. The molecule has 0 bridgehead atoms. The molecule has 1 fully saturated rings. The molecule has 0 N–H and O–H groups in total. The van der Waals surface area contributed by atoms with E-state index < -0.39 is 0 Å². The number of hydrogen-bond acceptors (Lipinski definition) is 3. The zero-order valence-corrected chi connectivity index (χ0v) is 7.75. The molecule has 12 heavy (non-hydrogen) atoms. The van der Waals surface area contributed by atoms with Gasteiger partial charge in [-0.3, -0.25) is 0 Å². The predicted octanol–water partition coefficient (Wildman–Crippen LogP) is 0.800. The van der Waals surface area contributed by atoms with Gasteiger partial charge in [0.05, 0.1) is 6.61 Å². The van der Waals surface area contributed by atoms with E-state index in [1.54, 1.807) is 0 Å². The van der Waals surface area contributed by atoms with Gasteiger partial charge in [0.15, 0.2) is 0 Å². The minimum absolute atomic E-state index is 0.539. The molecule has 2 atom stereocenters. The third-order valence-electron chi connectivity index (χ3n) is 2.69. The van der Waals surface area contributed by atoms with Crippen molar-refractivity contribution in [3.8, 4) is 0 Å². The Balaban J connectivity index is 2.25. The zero-order chi connectivity index (χ0) is 8.97. The average molecular weight is 170 g/mol. The molecular formula is C9H16NO2. The molecule has 1 rings (SSSR count). The van der Waals surface area contributed by atoms with E-state index in [9.17, 15) is 4.79 Å². The summed E-state index contributed by atoms with van der Waals surface area (Å²) in [4.78, 5) is 12.2. The molecule has 3 heteroatoms. The van der Waals surface area contributed by atoms with Crippen molar-refractivity contribution in [1.82, 2.24) is 4.90 Å². The first kappa shape index (κ1) is 9.52. The lowest BCUT2D eigenvalue weighted by molar-refractivity contribution is 0.111. The monoisotopic (exact) mass is 170 g/mol. The van der Waals surface area contributed by atoms with Crippen molar-refractivity contribution in [2.24, 2.45) is 5.92 Å². The number of likely N-dealkylation sites (tertiary alicyclic amines) is 1. The van der Waals surface area contributed by atoms with Crippen LogP contribution in [0.25, 0.3) is 0 Å².